The minimum Gasteiger partial charge on any atom is -0.492 e. The number of carbonyl (C=O) groups excluding carboxylic acids is 2. The zero-order valence-corrected chi connectivity index (χ0v) is 23.7. The molecule has 0 atom stereocenters. The lowest BCUT2D eigenvalue weighted by Gasteiger charge is -2.17. The monoisotopic (exact) mass is 574 g/mol. The molecule has 10 nitrogen and oxygen atoms in total. The summed E-state index contributed by atoms with van der Waals surface area (Å²) < 4.78 is 11.6. The summed E-state index contributed by atoms with van der Waals surface area (Å²) in [4.78, 5) is 35.6. The molecule has 11 heteroatoms. The first-order valence-corrected chi connectivity index (χ1v) is 13.2. The number of anilines is 3. The summed E-state index contributed by atoms with van der Waals surface area (Å²) in [6.07, 6.45) is 6.30. The Morgan fingerprint density at radius 3 is 2.59 bits per heavy atom. The molecule has 0 saturated heterocycles. The zero-order chi connectivity index (χ0) is 29.4. The largest absolute Gasteiger partial charge is 0.492 e. The molecular weight excluding hydrogens is 544 g/mol. The Hall–Kier alpha value is -4.67. The summed E-state index contributed by atoms with van der Waals surface area (Å²) in [5, 5.41) is 7.02. The number of nitrogens with zero attached hydrogens (tertiary/aromatic N) is 3. The van der Waals surface area contributed by atoms with Gasteiger partial charge in [0.05, 0.1) is 39.8 Å². The minimum absolute atomic E-state index is 0.163. The molecule has 0 aliphatic heterocycles. The number of ether oxygens (including phenoxy) is 2. The molecule has 4 N–H and O–H groups in total. The molecule has 4 aromatic rings. The molecule has 41 heavy (non-hydrogen) atoms. The zero-order valence-electron chi connectivity index (χ0n) is 23.0. The molecule has 0 fully saturated rings. The highest BCUT2D eigenvalue weighted by molar-refractivity contribution is 6.32. The molecule has 212 valence electrons. The van der Waals surface area contributed by atoms with E-state index in [9.17, 15) is 9.59 Å². The Kier molecular flexibility index (Phi) is 9.73. The Morgan fingerprint density at radius 2 is 1.90 bits per heavy atom. The van der Waals surface area contributed by atoms with Gasteiger partial charge in [0.25, 0.3) is 5.91 Å². The number of fused-ring (bicyclic) bond motifs is 1. The third-order valence-corrected chi connectivity index (χ3v) is 6.13. The van der Waals surface area contributed by atoms with Crippen LogP contribution in [-0.2, 0) is 11.4 Å². The highest BCUT2D eigenvalue weighted by atomic mass is 35.5. The molecule has 0 aliphatic carbocycles. The van der Waals surface area contributed by atoms with Crippen molar-refractivity contribution < 1.29 is 19.1 Å². The van der Waals surface area contributed by atoms with Gasteiger partial charge in [0, 0.05) is 42.2 Å². The van der Waals surface area contributed by atoms with E-state index < -0.39 is 5.91 Å². The molecule has 2 aromatic carbocycles. The van der Waals surface area contributed by atoms with Gasteiger partial charge in [0.1, 0.15) is 18.1 Å². The van der Waals surface area contributed by atoms with Crippen LogP contribution in [0.5, 0.6) is 11.5 Å². The summed E-state index contributed by atoms with van der Waals surface area (Å²) in [7, 11) is 3.82. The van der Waals surface area contributed by atoms with Crippen LogP contribution in [-0.4, -0.2) is 53.9 Å². The van der Waals surface area contributed by atoms with Gasteiger partial charge in [0.15, 0.2) is 0 Å². The molecule has 2 heterocycles. The predicted octanol–water partition coefficient (Wildman–Crippen LogP) is 5.16. The Morgan fingerprint density at radius 1 is 1.07 bits per heavy atom. The Balaban J connectivity index is 1.68. The second kappa shape index (κ2) is 13.6. The lowest BCUT2D eigenvalue weighted by atomic mass is 10.1. The summed E-state index contributed by atoms with van der Waals surface area (Å²) in [6, 6.07) is 14.1. The quantitative estimate of drug-likeness (QED) is 0.198. The number of hydrogen-bond acceptors (Lipinski definition) is 8. The number of primary amides is 1. The van der Waals surface area contributed by atoms with Crippen LogP contribution in [0.3, 0.4) is 0 Å². The number of nitrogens with two attached hydrogens (primary N) is 1. The standard InChI is InChI=1S/C30H31ClN6O4/c1-4-40-27-16-24-21(15-25(27)36-28(38)9-7-13-37(2)3)29(22(17-34-24)30(32)39)35-19-10-11-26(23(31)14-19)41-18-20-8-5-6-12-33-20/h5-12,14-17H,4,13,18H2,1-3H3,(H2,32,39)(H,34,35)(H,36,38)/b9-7+. The number of benzene rings is 2. The van der Waals surface area contributed by atoms with Crippen molar-refractivity contribution in [3.05, 3.63) is 89.4 Å². The van der Waals surface area contributed by atoms with Crippen molar-refractivity contribution >= 4 is 51.4 Å². The van der Waals surface area contributed by atoms with E-state index in [1.54, 1.807) is 42.6 Å². The molecule has 0 radical (unpaired) electrons. The van der Waals surface area contributed by atoms with Crippen molar-refractivity contribution in [3.8, 4) is 11.5 Å². The first-order valence-electron chi connectivity index (χ1n) is 12.9. The van der Waals surface area contributed by atoms with E-state index in [0.717, 1.165) is 5.69 Å². The summed E-state index contributed by atoms with van der Waals surface area (Å²) in [5.74, 6) is -0.0773. The lowest BCUT2D eigenvalue weighted by Crippen LogP contribution is -2.15. The number of pyridine rings is 2. The van der Waals surface area contributed by atoms with Crippen LogP contribution >= 0.6 is 11.6 Å². The second-order valence-electron chi connectivity index (χ2n) is 9.24. The molecule has 0 aliphatic rings. The van der Waals surface area contributed by atoms with Crippen LogP contribution < -0.4 is 25.8 Å². The van der Waals surface area contributed by atoms with E-state index in [4.69, 9.17) is 26.8 Å². The molecule has 2 aromatic heterocycles. The fourth-order valence-corrected chi connectivity index (χ4v) is 4.17. The van der Waals surface area contributed by atoms with Gasteiger partial charge in [-0.3, -0.25) is 19.6 Å². The fraction of sp³-hybridized carbons (Fsp3) is 0.200. The van der Waals surface area contributed by atoms with Crippen molar-refractivity contribution in [1.82, 2.24) is 14.9 Å². The van der Waals surface area contributed by atoms with Gasteiger partial charge in [-0.05, 0) is 57.4 Å². The van der Waals surface area contributed by atoms with Gasteiger partial charge < -0.3 is 30.7 Å². The number of hydrogen-bond donors (Lipinski definition) is 3. The van der Waals surface area contributed by atoms with E-state index in [1.807, 2.05) is 44.1 Å². The highest BCUT2D eigenvalue weighted by Crippen LogP contribution is 2.37. The smallest absolute Gasteiger partial charge is 0.252 e. The average molecular weight is 575 g/mol. The van der Waals surface area contributed by atoms with Crippen LogP contribution in [0.2, 0.25) is 5.02 Å². The van der Waals surface area contributed by atoms with Crippen LogP contribution in [0.15, 0.2) is 73.1 Å². The number of aromatic nitrogens is 2. The predicted molar refractivity (Wildman–Crippen MR) is 161 cm³/mol. The van der Waals surface area contributed by atoms with Crippen molar-refractivity contribution in [3.63, 3.8) is 0 Å². The number of amides is 2. The van der Waals surface area contributed by atoms with Crippen molar-refractivity contribution in [1.29, 1.82) is 0 Å². The number of nitrogens with one attached hydrogen (secondary N) is 2. The minimum atomic E-state index is -0.672. The van der Waals surface area contributed by atoms with Crippen molar-refractivity contribution in [2.75, 3.05) is 37.9 Å². The van der Waals surface area contributed by atoms with Crippen LogP contribution in [0.25, 0.3) is 10.9 Å². The molecular formula is C30H31ClN6O4. The van der Waals surface area contributed by atoms with Crippen molar-refractivity contribution in [2.45, 2.75) is 13.5 Å². The molecule has 4 rings (SSSR count). The van der Waals surface area contributed by atoms with Gasteiger partial charge in [-0.15, -0.1) is 0 Å². The highest BCUT2D eigenvalue weighted by Gasteiger charge is 2.18. The Labute approximate surface area is 243 Å². The van der Waals surface area contributed by atoms with Gasteiger partial charge in [-0.1, -0.05) is 23.7 Å². The second-order valence-corrected chi connectivity index (χ2v) is 9.65. The van der Waals surface area contributed by atoms with Crippen LogP contribution in [0.1, 0.15) is 23.0 Å². The summed E-state index contributed by atoms with van der Waals surface area (Å²) >= 11 is 6.52. The van der Waals surface area contributed by atoms with E-state index in [-0.39, 0.29) is 18.1 Å². The van der Waals surface area contributed by atoms with Gasteiger partial charge in [-0.25, -0.2) is 0 Å². The van der Waals surface area contributed by atoms with Crippen molar-refractivity contribution in [2.24, 2.45) is 5.73 Å². The van der Waals surface area contributed by atoms with Gasteiger partial charge in [-0.2, -0.15) is 0 Å². The molecule has 0 bridgehead atoms. The average Bonchev–Trinajstić information content (AvgIpc) is 2.93. The first kappa shape index (κ1) is 29.3. The maximum Gasteiger partial charge on any atom is 0.252 e. The normalized spacial score (nSPS) is 11.1. The third-order valence-electron chi connectivity index (χ3n) is 5.84. The van der Waals surface area contributed by atoms with E-state index in [0.29, 0.717) is 57.6 Å². The molecule has 0 unspecified atom stereocenters. The fourth-order valence-electron chi connectivity index (χ4n) is 3.93. The maximum atomic E-state index is 12.6. The van der Waals surface area contributed by atoms with Crippen LogP contribution in [0.4, 0.5) is 17.1 Å². The molecule has 2 amide bonds. The number of likely N-dealkylation sites (N-methyl/N-ethyl adjacent to an activating group) is 1. The topological polar surface area (TPSA) is 132 Å². The first-order chi connectivity index (χ1) is 19.7. The van der Waals surface area contributed by atoms with E-state index in [2.05, 4.69) is 20.6 Å². The number of halogens is 1. The summed E-state index contributed by atoms with van der Waals surface area (Å²) in [6.45, 7) is 3.09. The van der Waals surface area contributed by atoms with E-state index >= 15 is 0 Å². The van der Waals surface area contributed by atoms with Crippen LogP contribution in [0, 0.1) is 0 Å². The number of carbonyl (C=O) groups is 2. The number of rotatable bonds is 12. The SMILES string of the molecule is CCOc1cc2ncc(C(N)=O)c(Nc3ccc(OCc4ccccn4)c(Cl)c3)c2cc1NC(=O)/C=C/CN(C)C. The van der Waals surface area contributed by atoms with E-state index in [1.165, 1.54) is 12.3 Å². The molecule has 0 spiro atoms. The third kappa shape index (κ3) is 7.71. The Bertz CT molecular complexity index is 1580. The summed E-state index contributed by atoms with van der Waals surface area (Å²) in [5.41, 5.74) is 8.57. The van der Waals surface area contributed by atoms with Gasteiger partial charge >= 0.3 is 0 Å². The maximum absolute atomic E-state index is 12.6. The van der Waals surface area contributed by atoms with Gasteiger partial charge in [0.2, 0.25) is 5.91 Å². The lowest BCUT2D eigenvalue weighted by molar-refractivity contribution is -0.111. The molecule has 0 saturated carbocycles.